The van der Waals surface area contributed by atoms with E-state index in [9.17, 15) is 0 Å². The third-order valence-electron chi connectivity index (χ3n) is 10.8. The lowest BCUT2D eigenvalue weighted by atomic mass is 9.93. The van der Waals surface area contributed by atoms with E-state index in [-0.39, 0.29) is 0 Å². The first-order valence-corrected chi connectivity index (χ1v) is 17.1. The maximum atomic E-state index is 5.66. The maximum absolute atomic E-state index is 5.66. The third-order valence-corrected chi connectivity index (χ3v) is 10.8. The van der Waals surface area contributed by atoms with E-state index in [1.807, 2.05) is 0 Å². The molecule has 12 aromatic rings. The van der Waals surface area contributed by atoms with Crippen molar-refractivity contribution in [3.63, 3.8) is 0 Å². The molecule has 2 heterocycles. The fourth-order valence-electron chi connectivity index (χ4n) is 8.77. The minimum Gasteiger partial charge on any atom is -0.289 e. The summed E-state index contributed by atoms with van der Waals surface area (Å²) < 4.78 is 4.70. The minimum absolute atomic E-state index is 0.810. The van der Waals surface area contributed by atoms with Crippen LogP contribution in [0.5, 0.6) is 0 Å². The van der Waals surface area contributed by atoms with E-state index in [1.165, 1.54) is 53.9 Å². The summed E-state index contributed by atoms with van der Waals surface area (Å²) in [7, 11) is 0. The predicted molar refractivity (Wildman–Crippen MR) is 209 cm³/mol. The number of imidazole rings is 2. The fourth-order valence-corrected chi connectivity index (χ4v) is 8.77. The van der Waals surface area contributed by atoms with Gasteiger partial charge in [0.25, 0.3) is 0 Å². The van der Waals surface area contributed by atoms with Gasteiger partial charge in [0.05, 0.1) is 22.1 Å². The van der Waals surface area contributed by atoms with E-state index in [2.05, 4.69) is 167 Å². The van der Waals surface area contributed by atoms with Gasteiger partial charge in [0.1, 0.15) is 0 Å². The summed E-state index contributed by atoms with van der Waals surface area (Å²) in [6, 6.07) is 56.8. The minimum atomic E-state index is 0.810. The Morgan fingerprint density at radius 1 is 0.300 bits per heavy atom. The molecule has 10 aromatic carbocycles. The van der Waals surface area contributed by atoms with Gasteiger partial charge < -0.3 is 0 Å². The number of para-hydroxylation sites is 2. The molecule has 0 unspecified atom stereocenters. The largest absolute Gasteiger partial charge is 0.289 e. The van der Waals surface area contributed by atoms with Crippen molar-refractivity contribution in [2.75, 3.05) is 0 Å². The van der Waals surface area contributed by atoms with E-state index >= 15 is 0 Å². The second kappa shape index (κ2) is 9.43. The van der Waals surface area contributed by atoms with Crippen LogP contribution in [0.15, 0.2) is 158 Å². The maximum Gasteiger partial charge on any atom is 0.182 e. The zero-order chi connectivity index (χ0) is 32.5. The fraction of sp³-hybridized carbons (Fsp3) is 0. The van der Waals surface area contributed by atoms with Crippen LogP contribution in [0.25, 0.3) is 110 Å². The average molecular weight is 635 g/mol. The number of rotatable bonds is 3. The Balaban J connectivity index is 1.35. The van der Waals surface area contributed by atoms with Crippen molar-refractivity contribution in [2.45, 2.75) is 0 Å². The van der Waals surface area contributed by atoms with Gasteiger partial charge in [-0.2, -0.15) is 0 Å². The Morgan fingerprint density at radius 3 is 1.02 bits per heavy atom. The Hall–Kier alpha value is -6.78. The molecule has 0 atom stereocenters. The second-order valence-corrected chi connectivity index (χ2v) is 13.4. The molecular weight excluding hydrogens is 609 g/mol. The van der Waals surface area contributed by atoms with Gasteiger partial charge in [-0.05, 0) is 67.4 Å². The molecule has 50 heavy (non-hydrogen) atoms. The van der Waals surface area contributed by atoms with Crippen molar-refractivity contribution in [3.8, 4) is 23.0 Å². The van der Waals surface area contributed by atoms with Crippen LogP contribution < -0.4 is 0 Å². The molecule has 0 saturated heterocycles. The van der Waals surface area contributed by atoms with Gasteiger partial charge in [-0.1, -0.05) is 133 Å². The summed E-state index contributed by atoms with van der Waals surface area (Å²) in [5.41, 5.74) is 6.25. The van der Waals surface area contributed by atoms with E-state index in [1.54, 1.807) is 0 Å². The van der Waals surface area contributed by atoms with Gasteiger partial charge in [-0.15, -0.1) is 0 Å². The first-order chi connectivity index (χ1) is 24.8. The molecule has 0 N–H and O–H groups in total. The molecule has 12 rings (SSSR count). The van der Waals surface area contributed by atoms with Gasteiger partial charge in [0.2, 0.25) is 0 Å². The number of hydrogen-bond donors (Lipinski definition) is 0. The molecule has 0 aliphatic heterocycles. The van der Waals surface area contributed by atoms with E-state index < -0.39 is 0 Å². The normalized spacial score (nSPS) is 12.4. The Bertz CT molecular complexity index is 3070. The molecule has 0 amide bonds. The van der Waals surface area contributed by atoms with Crippen LogP contribution in [-0.4, -0.2) is 19.1 Å². The van der Waals surface area contributed by atoms with E-state index in [0.29, 0.717) is 0 Å². The topological polar surface area (TPSA) is 35.6 Å². The first kappa shape index (κ1) is 26.2. The van der Waals surface area contributed by atoms with Crippen LogP contribution in [0.1, 0.15) is 0 Å². The Kier molecular flexibility index (Phi) is 4.94. The monoisotopic (exact) mass is 634 g/mol. The lowest BCUT2D eigenvalue weighted by Crippen LogP contribution is -2.04. The van der Waals surface area contributed by atoms with Crippen molar-refractivity contribution in [2.24, 2.45) is 0 Å². The summed E-state index contributed by atoms with van der Waals surface area (Å²) in [5, 5.41) is 14.7. The number of aromatic nitrogens is 4. The lowest BCUT2D eigenvalue weighted by Gasteiger charge is -2.16. The van der Waals surface area contributed by atoms with Crippen LogP contribution in [0, 0.1) is 0 Å². The molecule has 0 radical (unpaired) electrons. The van der Waals surface area contributed by atoms with Crippen LogP contribution in [-0.2, 0) is 0 Å². The van der Waals surface area contributed by atoms with Crippen molar-refractivity contribution in [3.05, 3.63) is 158 Å². The van der Waals surface area contributed by atoms with Gasteiger partial charge in [-0.25, -0.2) is 9.97 Å². The molecule has 0 fully saturated rings. The number of hydrogen-bond acceptors (Lipinski definition) is 2. The summed E-state index contributed by atoms with van der Waals surface area (Å²) >= 11 is 0. The summed E-state index contributed by atoms with van der Waals surface area (Å²) in [4.78, 5) is 11.3. The van der Waals surface area contributed by atoms with Crippen molar-refractivity contribution < 1.29 is 0 Å². The smallest absolute Gasteiger partial charge is 0.182 e. The number of benzene rings is 10. The molecule has 0 bridgehead atoms. The summed E-state index contributed by atoms with van der Waals surface area (Å²) in [6.45, 7) is 0. The Labute approximate surface area is 285 Å². The number of nitrogens with zero attached hydrogens (tertiary/aromatic N) is 4. The molecular formula is C46H26N4. The van der Waals surface area contributed by atoms with Crippen molar-refractivity contribution in [1.82, 2.24) is 19.1 Å². The zero-order valence-corrected chi connectivity index (χ0v) is 26.8. The van der Waals surface area contributed by atoms with Crippen LogP contribution >= 0.6 is 0 Å². The van der Waals surface area contributed by atoms with Crippen LogP contribution in [0.2, 0.25) is 0 Å². The molecule has 0 spiro atoms. The summed E-state index contributed by atoms with van der Waals surface area (Å²) in [6.07, 6.45) is 0. The SMILES string of the molecule is c1ccc(-n2c(-c3nc4c5cccc6ccc7cccc(c7c65)c4n3-c3ccccc3)nc3c4cccc5ccc6cccc(c6c54)c32)cc1. The van der Waals surface area contributed by atoms with Crippen molar-refractivity contribution >= 4 is 86.7 Å². The molecule has 4 heteroatoms. The van der Waals surface area contributed by atoms with E-state index in [4.69, 9.17) is 9.97 Å². The molecule has 0 aliphatic rings. The number of fused-ring (bicyclic) bond motifs is 6. The van der Waals surface area contributed by atoms with Crippen LogP contribution in [0.4, 0.5) is 0 Å². The lowest BCUT2D eigenvalue weighted by molar-refractivity contribution is 1.02. The van der Waals surface area contributed by atoms with Gasteiger partial charge in [0, 0.05) is 32.9 Å². The molecule has 4 nitrogen and oxygen atoms in total. The molecule has 0 aliphatic carbocycles. The highest BCUT2D eigenvalue weighted by Gasteiger charge is 2.28. The highest BCUT2D eigenvalue weighted by Crippen LogP contribution is 2.46. The molecule has 230 valence electrons. The highest BCUT2D eigenvalue weighted by molar-refractivity contribution is 6.34. The van der Waals surface area contributed by atoms with Gasteiger partial charge in [-0.3, -0.25) is 9.13 Å². The van der Waals surface area contributed by atoms with E-state index in [0.717, 1.165) is 55.9 Å². The molecule has 0 saturated carbocycles. The Morgan fingerprint density at radius 2 is 0.640 bits per heavy atom. The van der Waals surface area contributed by atoms with Crippen LogP contribution in [0.3, 0.4) is 0 Å². The zero-order valence-electron chi connectivity index (χ0n) is 26.8. The predicted octanol–water partition coefficient (Wildman–Crippen LogP) is 11.8. The molecule has 2 aromatic heterocycles. The average Bonchev–Trinajstić information content (AvgIpc) is 3.78. The van der Waals surface area contributed by atoms with Gasteiger partial charge >= 0.3 is 0 Å². The standard InChI is InChI=1S/C46H26N4/c1-3-15-31(16-4-1)49-43-35-21-9-13-29-25-23-27-11-7-19-33(37(27)39(29)35)41(43)47-45(49)46-48-42-34-20-8-12-28-24-26-30-14-10-22-36(40(30)38(28)34)44(42)50(46)32-17-5-2-6-18-32/h1-26H. The first-order valence-electron chi connectivity index (χ1n) is 17.1. The van der Waals surface area contributed by atoms with Gasteiger partial charge in [0.15, 0.2) is 11.6 Å². The second-order valence-electron chi connectivity index (χ2n) is 13.4. The summed E-state index contributed by atoms with van der Waals surface area (Å²) in [5.74, 6) is 1.62. The quantitative estimate of drug-likeness (QED) is 0.181. The van der Waals surface area contributed by atoms with Crippen molar-refractivity contribution in [1.29, 1.82) is 0 Å². The third kappa shape index (κ3) is 3.25. The highest BCUT2D eigenvalue weighted by atomic mass is 15.2.